The fourth-order valence-corrected chi connectivity index (χ4v) is 4.55. The van der Waals surface area contributed by atoms with Gasteiger partial charge in [0.05, 0.1) is 13.2 Å². The second-order valence-corrected chi connectivity index (χ2v) is 9.60. The summed E-state index contributed by atoms with van der Waals surface area (Å²) >= 11 is 0. The average Bonchev–Trinajstić information content (AvgIpc) is 3.29. The lowest BCUT2D eigenvalue weighted by atomic mass is 10.3. The SMILES string of the molecule is CCCCOC(=O)[C@H](C)NP(=O)(OC[C@@H]1OC[C@H](n2cc(C)c(=O)[nH]c2=O)O1)Oc1ccccc1. The van der Waals surface area contributed by atoms with Crippen molar-refractivity contribution in [1.29, 1.82) is 0 Å². The Labute approximate surface area is 202 Å². The van der Waals surface area contributed by atoms with E-state index in [1.807, 2.05) is 6.92 Å². The van der Waals surface area contributed by atoms with Crippen LogP contribution in [0.15, 0.2) is 46.1 Å². The lowest BCUT2D eigenvalue weighted by molar-refractivity contribution is -0.145. The number of H-pyrrole nitrogens is 1. The predicted octanol–water partition coefficient (Wildman–Crippen LogP) is 2.24. The lowest BCUT2D eigenvalue weighted by Gasteiger charge is -2.23. The number of hydrogen-bond donors (Lipinski definition) is 2. The first-order chi connectivity index (χ1) is 16.7. The molecule has 1 aliphatic heterocycles. The van der Waals surface area contributed by atoms with Crippen LogP contribution in [-0.2, 0) is 28.1 Å². The van der Waals surface area contributed by atoms with Gasteiger partial charge in [-0.2, -0.15) is 5.09 Å². The van der Waals surface area contributed by atoms with Crippen LogP contribution in [0.5, 0.6) is 5.75 Å². The maximum Gasteiger partial charge on any atom is 0.459 e. The van der Waals surface area contributed by atoms with Gasteiger partial charge in [0.15, 0.2) is 12.5 Å². The Bertz CT molecular complexity index is 1150. The summed E-state index contributed by atoms with van der Waals surface area (Å²) in [6, 6.07) is 7.35. The highest BCUT2D eigenvalue weighted by molar-refractivity contribution is 7.52. The molecule has 0 bridgehead atoms. The highest BCUT2D eigenvalue weighted by Crippen LogP contribution is 2.45. The largest absolute Gasteiger partial charge is 0.465 e. The third-order valence-corrected chi connectivity index (χ3v) is 6.63. The maximum atomic E-state index is 13.5. The highest BCUT2D eigenvalue weighted by atomic mass is 31.2. The van der Waals surface area contributed by atoms with Gasteiger partial charge in [-0.15, -0.1) is 0 Å². The van der Waals surface area contributed by atoms with Crippen molar-refractivity contribution in [1.82, 2.24) is 14.6 Å². The van der Waals surface area contributed by atoms with Crippen LogP contribution in [0.3, 0.4) is 0 Å². The van der Waals surface area contributed by atoms with E-state index in [1.54, 1.807) is 37.3 Å². The summed E-state index contributed by atoms with van der Waals surface area (Å²) in [5.41, 5.74) is -0.805. The predicted molar refractivity (Wildman–Crippen MR) is 125 cm³/mol. The molecule has 12 nitrogen and oxygen atoms in total. The van der Waals surface area contributed by atoms with Gasteiger partial charge in [0.2, 0.25) is 0 Å². The first-order valence-corrected chi connectivity index (χ1v) is 12.8. The summed E-state index contributed by atoms with van der Waals surface area (Å²) in [6.07, 6.45) is 1.14. The monoisotopic (exact) mass is 511 g/mol. The zero-order chi connectivity index (χ0) is 25.4. The molecule has 1 aromatic carbocycles. The molecule has 0 spiro atoms. The zero-order valence-electron chi connectivity index (χ0n) is 19.8. The van der Waals surface area contributed by atoms with Gasteiger partial charge in [0.25, 0.3) is 5.56 Å². The van der Waals surface area contributed by atoms with E-state index in [9.17, 15) is 18.9 Å². The van der Waals surface area contributed by atoms with Crippen molar-refractivity contribution in [3.05, 3.63) is 62.9 Å². The summed E-state index contributed by atoms with van der Waals surface area (Å²) < 4.78 is 42.2. The topological polar surface area (TPSA) is 147 Å². The summed E-state index contributed by atoms with van der Waals surface area (Å²) in [5, 5.41) is 2.59. The highest BCUT2D eigenvalue weighted by Gasteiger charge is 2.36. The van der Waals surface area contributed by atoms with E-state index >= 15 is 0 Å². The Morgan fingerprint density at radius 2 is 2.06 bits per heavy atom. The molecule has 1 unspecified atom stereocenters. The average molecular weight is 511 g/mol. The number of nitrogens with zero attached hydrogens (tertiary/aromatic N) is 1. The van der Waals surface area contributed by atoms with Crippen molar-refractivity contribution in [3.8, 4) is 5.75 Å². The minimum atomic E-state index is -4.09. The summed E-state index contributed by atoms with van der Waals surface area (Å²) in [5.74, 6) is -0.337. The molecule has 1 saturated heterocycles. The van der Waals surface area contributed by atoms with Crippen LogP contribution in [0, 0.1) is 6.92 Å². The molecule has 35 heavy (non-hydrogen) atoms. The number of carbonyl (C=O) groups excluding carboxylic acids is 1. The quantitative estimate of drug-likeness (QED) is 0.247. The Balaban J connectivity index is 1.66. The molecule has 0 amide bonds. The smallest absolute Gasteiger partial charge is 0.459 e. The Hall–Kier alpha value is -2.76. The van der Waals surface area contributed by atoms with Crippen LogP contribution in [-0.4, -0.2) is 47.7 Å². The summed E-state index contributed by atoms with van der Waals surface area (Å²) in [6.45, 7) is 4.93. The molecule has 0 radical (unpaired) electrons. The fraction of sp³-hybridized carbons (Fsp3) is 0.500. The number of esters is 1. The van der Waals surface area contributed by atoms with E-state index in [1.165, 1.54) is 17.7 Å². The molecule has 192 valence electrons. The minimum absolute atomic E-state index is 0.00313. The molecule has 0 saturated carbocycles. The van der Waals surface area contributed by atoms with E-state index in [0.717, 1.165) is 6.42 Å². The van der Waals surface area contributed by atoms with Gasteiger partial charge in [0.1, 0.15) is 18.4 Å². The number of hydrogen-bond acceptors (Lipinski definition) is 9. The molecule has 2 N–H and O–H groups in total. The molecule has 2 heterocycles. The number of nitrogens with one attached hydrogen (secondary N) is 2. The van der Waals surface area contributed by atoms with Crippen LogP contribution in [0.25, 0.3) is 0 Å². The van der Waals surface area contributed by atoms with Gasteiger partial charge in [-0.3, -0.25) is 23.7 Å². The van der Waals surface area contributed by atoms with Crippen LogP contribution < -0.4 is 20.9 Å². The van der Waals surface area contributed by atoms with E-state index in [-0.39, 0.29) is 25.6 Å². The van der Waals surface area contributed by atoms with Crippen molar-refractivity contribution in [2.45, 2.75) is 52.2 Å². The number of aromatic nitrogens is 2. The molecule has 1 fully saturated rings. The van der Waals surface area contributed by atoms with Crippen molar-refractivity contribution in [3.63, 3.8) is 0 Å². The summed E-state index contributed by atoms with van der Waals surface area (Å²) in [4.78, 5) is 38.2. The number of carbonyl (C=O) groups is 1. The molecule has 3 rings (SSSR count). The molecular formula is C22H30N3O9P. The first kappa shape index (κ1) is 26.8. The maximum absolute atomic E-state index is 13.5. The van der Waals surface area contributed by atoms with Gasteiger partial charge in [-0.05, 0) is 32.4 Å². The van der Waals surface area contributed by atoms with Crippen LogP contribution in [0.2, 0.25) is 0 Å². The van der Waals surface area contributed by atoms with Gasteiger partial charge in [-0.25, -0.2) is 9.36 Å². The van der Waals surface area contributed by atoms with Gasteiger partial charge in [0, 0.05) is 11.8 Å². The van der Waals surface area contributed by atoms with Crippen LogP contribution >= 0.6 is 7.75 Å². The number of aromatic amines is 1. The molecular weight excluding hydrogens is 481 g/mol. The Morgan fingerprint density at radius 3 is 2.77 bits per heavy atom. The van der Waals surface area contributed by atoms with E-state index in [4.69, 9.17) is 23.3 Å². The van der Waals surface area contributed by atoms with Crippen molar-refractivity contribution < 1.29 is 32.6 Å². The lowest BCUT2D eigenvalue weighted by Crippen LogP contribution is -2.36. The number of rotatable bonds is 12. The second-order valence-electron chi connectivity index (χ2n) is 7.90. The zero-order valence-corrected chi connectivity index (χ0v) is 20.7. The Kier molecular flexibility index (Phi) is 9.41. The van der Waals surface area contributed by atoms with E-state index in [0.29, 0.717) is 12.0 Å². The number of para-hydroxylation sites is 1. The van der Waals surface area contributed by atoms with Gasteiger partial charge >= 0.3 is 19.4 Å². The van der Waals surface area contributed by atoms with E-state index in [2.05, 4.69) is 10.1 Å². The molecule has 1 aliphatic rings. The molecule has 13 heteroatoms. The first-order valence-electron chi connectivity index (χ1n) is 11.2. The second kappa shape index (κ2) is 12.3. The van der Waals surface area contributed by atoms with Crippen molar-refractivity contribution in [2.24, 2.45) is 0 Å². The number of aryl methyl sites for hydroxylation is 1. The van der Waals surface area contributed by atoms with Gasteiger partial charge < -0.3 is 18.7 Å². The van der Waals surface area contributed by atoms with E-state index < -0.39 is 43.5 Å². The third-order valence-electron chi connectivity index (χ3n) is 4.99. The normalized spacial score (nSPS) is 20.2. The van der Waals surface area contributed by atoms with Gasteiger partial charge in [-0.1, -0.05) is 31.5 Å². The van der Waals surface area contributed by atoms with Crippen molar-refractivity contribution in [2.75, 3.05) is 19.8 Å². The standard InChI is InChI=1S/C22H30N3O9P/c1-4-5-11-30-21(27)16(3)24-35(29,34-17-9-7-6-8-10-17)32-14-19-31-13-18(33-19)25-12-15(2)20(26)23-22(25)28/h6-10,12,16,18-19H,4-5,11,13-14H2,1-3H3,(H,24,29)(H,23,26,28)/t16-,18+,19+,35?/m0/s1. The summed E-state index contributed by atoms with van der Waals surface area (Å²) in [7, 11) is -4.09. The fourth-order valence-electron chi connectivity index (χ4n) is 3.08. The number of benzene rings is 1. The minimum Gasteiger partial charge on any atom is -0.465 e. The number of ether oxygens (including phenoxy) is 3. The Morgan fingerprint density at radius 1 is 1.31 bits per heavy atom. The molecule has 2 aromatic rings. The molecule has 0 aliphatic carbocycles. The number of unbranched alkanes of at least 4 members (excludes halogenated alkanes) is 1. The van der Waals surface area contributed by atoms with Crippen LogP contribution in [0.4, 0.5) is 0 Å². The molecule has 4 atom stereocenters. The molecule has 1 aromatic heterocycles. The van der Waals surface area contributed by atoms with Crippen molar-refractivity contribution >= 4 is 13.7 Å². The third kappa shape index (κ3) is 7.61. The van der Waals surface area contributed by atoms with Crippen LogP contribution in [0.1, 0.15) is 38.5 Å².